The Bertz CT molecular complexity index is 327. The molecule has 1 saturated heterocycles. The van der Waals surface area contributed by atoms with Gasteiger partial charge >= 0.3 is 0 Å². The standard InChI is InChI=1S/C14H20NO2.Na.W/c1-16-14(17-2)12-8-10-15(11-9-12)13-6-4-3-5-7-13;;/h4-7,12,14H,8-11H2,1-2H3;;/q-1;;. The van der Waals surface area contributed by atoms with Gasteiger partial charge in [-0.1, -0.05) is 5.69 Å². The predicted octanol–water partition coefficient (Wildman–Crippen LogP) is 1.94. The van der Waals surface area contributed by atoms with Crippen molar-refractivity contribution in [3.05, 3.63) is 30.3 Å². The fourth-order valence-electron chi connectivity index (χ4n) is 2.50. The van der Waals surface area contributed by atoms with Gasteiger partial charge in [0, 0.05) is 83.8 Å². The first kappa shape index (κ1) is 19.6. The summed E-state index contributed by atoms with van der Waals surface area (Å²) in [5.41, 5.74) is 1.29. The Hall–Kier alpha value is 0.628. The van der Waals surface area contributed by atoms with Crippen LogP contribution in [0.15, 0.2) is 24.3 Å². The molecule has 2 rings (SSSR count). The minimum atomic E-state index is -0.0544. The summed E-state index contributed by atoms with van der Waals surface area (Å²) in [4.78, 5) is 2.41. The molecular weight excluding hydrogens is 421 g/mol. The van der Waals surface area contributed by atoms with Crippen molar-refractivity contribution < 1.29 is 30.5 Å². The van der Waals surface area contributed by atoms with Crippen LogP contribution in [0, 0.1) is 12.0 Å². The van der Waals surface area contributed by atoms with Crippen LogP contribution in [-0.4, -0.2) is 63.2 Å². The van der Waals surface area contributed by atoms with Gasteiger partial charge in [0.15, 0.2) is 6.29 Å². The summed E-state index contributed by atoms with van der Waals surface area (Å²) in [6.07, 6.45) is 2.18. The van der Waals surface area contributed by atoms with Crippen molar-refractivity contribution in [1.29, 1.82) is 0 Å². The van der Waals surface area contributed by atoms with Gasteiger partial charge in [-0.05, 0) is 12.8 Å². The largest absolute Gasteiger partial charge is 0.393 e. The molecule has 0 spiro atoms. The van der Waals surface area contributed by atoms with Crippen molar-refractivity contribution in [3.63, 3.8) is 0 Å². The van der Waals surface area contributed by atoms with Gasteiger partial charge in [0.2, 0.25) is 0 Å². The Morgan fingerprint density at radius 2 is 1.68 bits per heavy atom. The van der Waals surface area contributed by atoms with Crippen LogP contribution in [-0.2, 0) is 30.5 Å². The molecule has 0 bridgehead atoms. The first-order valence-electron chi connectivity index (χ1n) is 6.12. The summed E-state index contributed by atoms with van der Waals surface area (Å²) in [5, 5.41) is 0. The van der Waals surface area contributed by atoms with Crippen LogP contribution in [0.4, 0.5) is 5.69 Å². The topological polar surface area (TPSA) is 21.7 Å². The minimum Gasteiger partial charge on any atom is -0.393 e. The second-order valence-corrected chi connectivity index (χ2v) is 4.42. The molecule has 0 aromatic heterocycles. The molecule has 0 aliphatic carbocycles. The van der Waals surface area contributed by atoms with E-state index in [0.29, 0.717) is 5.92 Å². The van der Waals surface area contributed by atoms with Crippen molar-refractivity contribution >= 4 is 35.2 Å². The number of ether oxygens (including phenoxy) is 2. The summed E-state index contributed by atoms with van der Waals surface area (Å²) in [6, 6.07) is 11.2. The Morgan fingerprint density at radius 3 is 2.16 bits per heavy atom. The number of piperidine rings is 1. The summed E-state index contributed by atoms with van der Waals surface area (Å²) < 4.78 is 10.7. The number of methoxy groups -OCH3 is 2. The molecule has 0 N–H and O–H groups in total. The third kappa shape index (κ3) is 5.49. The molecule has 1 heterocycles. The normalized spacial score (nSPS) is 15.8. The van der Waals surface area contributed by atoms with Gasteiger partial charge in [0.05, 0.1) is 0 Å². The van der Waals surface area contributed by atoms with E-state index >= 15 is 0 Å². The average molecular weight is 441 g/mol. The van der Waals surface area contributed by atoms with Gasteiger partial charge in [0.1, 0.15) is 0 Å². The summed E-state index contributed by atoms with van der Waals surface area (Å²) >= 11 is 0. The molecule has 1 aliphatic heterocycles. The van der Waals surface area contributed by atoms with E-state index in [4.69, 9.17) is 9.47 Å². The third-order valence-corrected chi connectivity index (χ3v) is 3.45. The van der Waals surface area contributed by atoms with Crippen molar-refractivity contribution in [2.45, 2.75) is 19.1 Å². The molecule has 101 valence electrons. The van der Waals surface area contributed by atoms with Crippen LogP contribution >= 0.6 is 0 Å². The smallest absolute Gasteiger partial charge is 0.159 e. The fraction of sp³-hybridized carbons (Fsp3) is 0.571. The molecule has 3 nitrogen and oxygen atoms in total. The molecule has 0 unspecified atom stereocenters. The molecule has 19 heavy (non-hydrogen) atoms. The maximum absolute atomic E-state index is 5.33. The van der Waals surface area contributed by atoms with Crippen LogP contribution < -0.4 is 4.90 Å². The second kappa shape index (κ2) is 10.4. The molecule has 1 aromatic rings. The first-order chi connectivity index (χ1) is 8.35. The van der Waals surface area contributed by atoms with Crippen LogP contribution in [0.2, 0.25) is 0 Å². The Kier molecular flexibility index (Phi) is 10.7. The van der Waals surface area contributed by atoms with E-state index in [-0.39, 0.29) is 56.9 Å². The minimum absolute atomic E-state index is 0. The number of hydrogen-bond acceptors (Lipinski definition) is 3. The quantitative estimate of drug-likeness (QED) is 0.405. The van der Waals surface area contributed by atoms with Gasteiger partial charge in [-0.15, -0.1) is 12.1 Å². The Labute approximate surface area is 152 Å². The Balaban J connectivity index is 0.00000162. The molecule has 0 atom stereocenters. The maximum atomic E-state index is 5.33. The first-order valence-corrected chi connectivity index (χ1v) is 6.12. The van der Waals surface area contributed by atoms with Crippen molar-refractivity contribution in [2.24, 2.45) is 5.92 Å². The van der Waals surface area contributed by atoms with Gasteiger partial charge in [-0.3, -0.25) is 0 Å². The second-order valence-electron chi connectivity index (χ2n) is 4.42. The van der Waals surface area contributed by atoms with E-state index in [1.165, 1.54) is 5.69 Å². The molecule has 1 radical (unpaired) electrons. The van der Waals surface area contributed by atoms with Gasteiger partial charge in [-0.2, -0.15) is 18.2 Å². The number of rotatable bonds is 4. The van der Waals surface area contributed by atoms with Crippen molar-refractivity contribution in [2.75, 3.05) is 32.2 Å². The molecule has 1 aliphatic rings. The number of hydrogen-bond donors (Lipinski definition) is 0. The molecule has 5 heteroatoms. The third-order valence-electron chi connectivity index (χ3n) is 3.45. The monoisotopic (exact) mass is 441 g/mol. The summed E-state index contributed by atoms with van der Waals surface area (Å²) in [6.45, 7) is 2.13. The fourth-order valence-corrected chi connectivity index (χ4v) is 2.50. The zero-order valence-electron chi connectivity index (χ0n) is 12.0. The molecule has 1 aromatic carbocycles. The van der Waals surface area contributed by atoms with E-state index < -0.39 is 0 Å². The summed E-state index contributed by atoms with van der Waals surface area (Å²) in [7, 11) is 3.43. The SMILES string of the molecule is COC(OC)C1CCN(c2cc[c-]cc2)CC1.[Na].[W]. The molecular formula is C14H20NNaO2W-. The molecule has 0 amide bonds. The molecule has 0 saturated carbocycles. The van der Waals surface area contributed by atoms with Crippen LogP contribution in [0.5, 0.6) is 0 Å². The van der Waals surface area contributed by atoms with E-state index in [1.807, 2.05) is 12.1 Å². The van der Waals surface area contributed by atoms with Crippen LogP contribution in [0.1, 0.15) is 12.8 Å². The Morgan fingerprint density at radius 1 is 1.16 bits per heavy atom. The number of benzene rings is 1. The zero-order chi connectivity index (χ0) is 12.1. The van der Waals surface area contributed by atoms with E-state index in [9.17, 15) is 0 Å². The number of nitrogens with zero attached hydrogens (tertiary/aromatic N) is 1. The maximum Gasteiger partial charge on any atom is 0.159 e. The van der Waals surface area contributed by atoms with Gasteiger partial charge < -0.3 is 14.4 Å². The van der Waals surface area contributed by atoms with Gasteiger partial charge in [0.25, 0.3) is 0 Å². The number of anilines is 1. The van der Waals surface area contributed by atoms with Gasteiger partial charge in [-0.25, -0.2) is 0 Å². The zero-order valence-corrected chi connectivity index (χ0v) is 16.9. The van der Waals surface area contributed by atoms with E-state index in [2.05, 4.69) is 23.1 Å². The van der Waals surface area contributed by atoms with Crippen molar-refractivity contribution in [3.8, 4) is 0 Å². The molecule has 1 fully saturated rings. The van der Waals surface area contributed by atoms with E-state index in [1.54, 1.807) is 14.2 Å². The van der Waals surface area contributed by atoms with Crippen LogP contribution in [0.3, 0.4) is 0 Å². The van der Waals surface area contributed by atoms with Crippen LogP contribution in [0.25, 0.3) is 0 Å². The summed E-state index contributed by atoms with van der Waals surface area (Å²) in [5.74, 6) is 0.511. The predicted molar refractivity (Wildman–Crippen MR) is 73.8 cm³/mol. The van der Waals surface area contributed by atoms with E-state index in [0.717, 1.165) is 25.9 Å². The average Bonchev–Trinajstić information content (AvgIpc) is 2.42. The van der Waals surface area contributed by atoms with Crippen molar-refractivity contribution in [1.82, 2.24) is 0 Å².